The van der Waals surface area contributed by atoms with Crippen LogP contribution in [0.25, 0.3) is 0 Å². The van der Waals surface area contributed by atoms with Crippen molar-refractivity contribution < 1.29 is 4.79 Å². The zero-order valence-electron chi connectivity index (χ0n) is 7.13. The van der Waals surface area contributed by atoms with Crippen LogP contribution in [0.4, 0.5) is 0 Å². The van der Waals surface area contributed by atoms with Crippen LogP contribution in [0.1, 0.15) is 26.7 Å². The zero-order valence-corrected chi connectivity index (χ0v) is 7.13. The first-order valence-electron chi connectivity index (χ1n) is 4.37. The number of Topliss-reactive ketones (excluding diaryl/α,β-unsaturated/α-hetero) is 1. The maximum Gasteiger partial charge on any atom is 0.145 e. The molecule has 2 bridgehead atoms. The van der Waals surface area contributed by atoms with Crippen LogP contribution in [0.15, 0.2) is 12.2 Å². The van der Waals surface area contributed by atoms with Gasteiger partial charge in [-0.1, -0.05) is 19.1 Å². The lowest BCUT2D eigenvalue weighted by Crippen LogP contribution is -2.42. The number of ketones is 1. The maximum absolute atomic E-state index is 11.7. The van der Waals surface area contributed by atoms with Crippen molar-refractivity contribution in [3.63, 3.8) is 0 Å². The van der Waals surface area contributed by atoms with E-state index < -0.39 is 0 Å². The quantitative estimate of drug-likeness (QED) is 0.484. The molecule has 0 aromatic heterocycles. The highest BCUT2D eigenvalue weighted by molar-refractivity contribution is 5.90. The molecular weight excluding hydrogens is 136 g/mol. The van der Waals surface area contributed by atoms with Crippen molar-refractivity contribution in [2.24, 2.45) is 17.3 Å². The first-order chi connectivity index (χ1) is 5.13. The van der Waals surface area contributed by atoms with Crippen molar-refractivity contribution in [3.8, 4) is 0 Å². The summed E-state index contributed by atoms with van der Waals surface area (Å²) in [5.41, 5.74) is -0.103. The minimum atomic E-state index is -0.103. The van der Waals surface area contributed by atoms with E-state index in [9.17, 15) is 4.79 Å². The minimum Gasteiger partial charge on any atom is -0.298 e. The molecule has 60 valence electrons. The van der Waals surface area contributed by atoms with Gasteiger partial charge >= 0.3 is 0 Å². The summed E-state index contributed by atoms with van der Waals surface area (Å²) in [5.74, 6) is 1.28. The van der Waals surface area contributed by atoms with E-state index in [4.69, 9.17) is 0 Å². The summed E-state index contributed by atoms with van der Waals surface area (Å²) in [4.78, 5) is 11.7. The van der Waals surface area contributed by atoms with Crippen LogP contribution < -0.4 is 0 Å². The van der Waals surface area contributed by atoms with Crippen molar-refractivity contribution in [1.29, 1.82) is 0 Å². The van der Waals surface area contributed by atoms with Crippen molar-refractivity contribution in [3.05, 3.63) is 12.2 Å². The van der Waals surface area contributed by atoms with E-state index in [-0.39, 0.29) is 11.3 Å². The third-order valence-corrected chi connectivity index (χ3v) is 3.33. The van der Waals surface area contributed by atoms with E-state index >= 15 is 0 Å². The molecule has 0 aromatic rings. The number of carbonyl (C=O) groups is 1. The molecule has 0 amide bonds. The Labute approximate surface area is 67.5 Å². The molecule has 0 spiro atoms. The van der Waals surface area contributed by atoms with Gasteiger partial charge in [0.05, 0.1) is 0 Å². The maximum atomic E-state index is 11.7. The fraction of sp³-hybridized carbons (Fsp3) is 0.700. The lowest BCUT2D eigenvalue weighted by Gasteiger charge is -2.41. The van der Waals surface area contributed by atoms with Gasteiger partial charge in [-0.2, -0.15) is 0 Å². The molecule has 11 heavy (non-hydrogen) atoms. The van der Waals surface area contributed by atoms with Gasteiger partial charge in [0.2, 0.25) is 0 Å². The highest BCUT2D eigenvalue weighted by Crippen LogP contribution is 2.45. The number of hydrogen-bond donors (Lipinski definition) is 0. The summed E-state index contributed by atoms with van der Waals surface area (Å²) >= 11 is 0. The average Bonchev–Trinajstić information content (AvgIpc) is 2.01. The van der Waals surface area contributed by atoms with Crippen molar-refractivity contribution in [2.45, 2.75) is 26.7 Å². The summed E-state index contributed by atoms with van der Waals surface area (Å²) in [6.07, 6.45) is 6.62. The SMILES string of the molecule is CC1C(=O)C2(C)C=CC1CC2. The lowest BCUT2D eigenvalue weighted by molar-refractivity contribution is -0.134. The van der Waals surface area contributed by atoms with E-state index in [1.807, 2.05) is 0 Å². The van der Waals surface area contributed by atoms with Gasteiger partial charge in [-0.15, -0.1) is 0 Å². The monoisotopic (exact) mass is 150 g/mol. The second-order valence-corrected chi connectivity index (χ2v) is 4.13. The molecule has 3 aliphatic rings. The van der Waals surface area contributed by atoms with Gasteiger partial charge in [0.15, 0.2) is 0 Å². The average molecular weight is 150 g/mol. The summed E-state index contributed by atoms with van der Waals surface area (Å²) < 4.78 is 0. The van der Waals surface area contributed by atoms with Gasteiger partial charge in [0, 0.05) is 11.3 Å². The molecule has 3 unspecified atom stereocenters. The van der Waals surface area contributed by atoms with Crippen LogP contribution in [0.3, 0.4) is 0 Å². The molecular formula is C10H14O. The van der Waals surface area contributed by atoms with E-state index in [0.717, 1.165) is 6.42 Å². The molecule has 0 saturated heterocycles. The zero-order chi connectivity index (χ0) is 8.06. The molecule has 1 heteroatoms. The molecule has 1 fully saturated rings. The number of hydrogen-bond acceptors (Lipinski definition) is 1. The third-order valence-electron chi connectivity index (χ3n) is 3.33. The lowest BCUT2D eigenvalue weighted by atomic mass is 9.61. The molecule has 3 rings (SSSR count). The Morgan fingerprint density at radius 2 is 2.36 bits per heavy atom. The van der Waals surface area contributed by atoms with Crippen LogP contribution in [0, 0.1) is 17.3 Å². The molecule has 3 aliphatic carbocycles. The van der Waals surface area contributed by atoms with Crippen LogP contribution in [0.5, 0.6) is 0 Å². The van der Waals surface area contributed by atoms with Gasteiger partial charge in [-0.3, -0.25) is 4.79 Å². The molecule has 0 aromatic carbocycles. The van der Waals surface area contributed by atoms with Gasteiger partial charge in [0.25, 0.3) is 0 Å². The Kier molecular flexibility index (Phi) is 1.26. The van der Waals surface area contributed by atoms with E-state index in [0.29, 0.717) is 11.7 Å². The Bertz CT molecular complexity index is 229. The number of rotatable bonds is 0. The standard InChI is InChI=1S/C10H14O/c1-7-8-3-5-10(2,6-4-8)9(7)11/h3,5,7-8H,4,6H2,1-2H3. The fourth-order valence-electron chi connectivity index (χ4n) is 2.32. The smallest absolute Gasteiger partial charge is 0.145 e. The third kappa shape index (κ3) is 0.800. The van der Waals surface area contributed by atoms with Crippen LogP contribution >= 0.6 is 0 Å². The Balaban J connectivity index is 2.43. The van der Waals surface area contributed by atoms with Crippen molar-refractivity contribution >= 4 is 5.78 Å². The molecule has 0 heterocycles. The van der Waals surface area contributed by atoms with E-state index in [2.05, 4.69) is 26.0 Å². The molecule has 1 saturated carbocycles. The van der Waals surface area contributed by atoms with Crippen LogP contribution in [-0.4, -0.2) is 5.78 Å². The normalized spacial score (nSPS) is 48.4. The Morgan fingerprint density at radius 3 is 2.73 bits per heavy atom. The number of fused-ring (bicyclic) bond motifs is 2. The van der Waals surface area contributed by atoms with Crippen molar-refractivity contribution in [2.75, 3.05) is 0 Å². The highest BCUT2D eigenvalue weighted by atomic mass is 16.1. The summed E-state index contributed by atoms with van der Waals surface area (Å²) in [7, 11) is 0. The van der Waals surface area contributed by atoms with Crippen LogP contribution in [-0.2, 0) is 4.79 Å². The van der Waals surface area contributed by atoms with Gasteiger partial charge in [-0.05, 0) is 25.7 Å². The predicted molar refractivity (Wildman–Crippen MR) is 44.1 cm³/mol. The van der Waals surface area contributed by atoms with E-state index in [1.54, 1.807) is 0 Å². The number of allylic oxidation sites excluding steroid dienone is 2. The Hall–Kier alpha value is -0.590. The summed E-state index contributed by atoms with van der Waals surface area (Å²) in [5, 5.41) is 0. The number of carbonyl (C=O) groups excluding carboxylic acids is 1. The molecule has 0 N–H and O–H groups in total. The molecule has 1 nitrogen and oxygen atoms in total. The largest absolute Gasteiger partial charge is 0.298 e. The van der Waals surface area contributed by atoms with Crippen LogP contribution in [0.2, 0.25) is 0 Å². The first kappa shape index (κ1) is 7.08. The minimum absolute atomic E-state index is 0.103. The van der Waals surface area contributed by atoms with Gasteiger partial charge in [-0.25, -0.2) is 0 Å². The second-order valence-electron chi connectivity index (χ2n) is 4.13. The predicted octanol–water partition coefficient (Wildman–Crippen LogP) is 2.18. The Morgan fingerprint density at radius 1 is 1.64 bits per heavy atom. The first-order valence-corrected chi connectivity index (χ1v) is 4.37. The van der Waals surface area contributed by atoms with E-state index in [1.165, 1.54) is 6.42 Å². The van der Waals surface area contributed by atoms with Gasteiger partial charge in [0.1, 0.15) is 5.78 Å². The molecule has 0 aliphatic heterocycles. The second kappa shape index (κ2) is 1.96. The fourth-order valence-corrected chi connectivity index (χ4v) is 2.32. The molecule has 3 atom stereocenters. The van der Waals surface area contributed by atoms with Crippen molar-refractivity contribution in [1.82, 2.24) is 0 Å². The molecule has 0 radical (unpaired) electrons. The summed E-state index contributed by atoms with van der Waals surface area (Å²) in [6.45, 7) is 4.13. The summed E-state index contributed by atoms with van der Waals surface area (Å²) in [6, 6.07) is 0. The van der Waals surface area contributed by atoms with Gasteiger partial charge < -0.3 is 0 Å². The topological polar surface area (TPSA) is 17.1 Å². The highest BCUT2D eigenvalue weighted by Gasteiger charge is 2.44.